The van der Waals surface area contributed by atoms with Crippen molar-refractivity contribution < 1.29 is 14.0 Å². The van der Waals surface area contributed by atoms with Gasteiger partial charge >= 0.3 is 0 Å². The normalized spacial score (nSPS) is 10.5. The van der Waals surface area contributed by atoms with E-state index in [0.29, 0.717) is 25.3 Å². The monoisotopic (exact) mass is 353 g/mol. The average molecular weight is 353 g/mol. The largest absolute Gasteiger partial charge is 0.459 e. The predicted octanol–water partition coefficient (Wildman–Crippen LogP) is 2.07. The van der Waals surface area contributed by atoms with Crippen LogP contribution in [0, 0.1) is 0 Å². The van der Waals surface area contributed by atoms with Crippen LogP contribution in [0.4, 0.5) is 5.82 Å². The van der Waals surface area contributed by atoms with Gasteiger partial charge in [0.1, 0.15) is 0 Å². The molecule has 3 aromatic heterocycles. The number of hydrogen-bond donors (Lipinski definition) is 2. The standard InChI is InChI=1S/C18H19N5O3/c24-17(6-2-9-20-18(25)15-5-3-11-26-15)21-16-7-10-23(22-16)13-14-4-1-8-19-12-14/h1,3-5,7-8,10-12H,2,6,9,13H2,(H,20,25)(H,21,22,24). The zero-order valence-corrected chi connectivity index (χ0v) is 14.1. The van der Waals surface area contributed by atoms with Crippen LogP contribution in [0.3, 0.4) is 0 Å². The molecule has 0 radical (unpaired) electrons. The van der Waals surface area contributed by atoms with Gasteiger partial charge in [-0.3, -0.25) is 19.3 Å². The van der Waals surface area contributed by atoms with Gasteiger partial charge in [-0.05, 0) is 30.2 Å². The number of hydrogen-bond acceptors (Lipinski definition) is 5. The molecule has 0 aliphatic heterocycles. The summed E-state index contributed by atoms with van der Waals surface area (Å²) in [7, 11) is 0. The number of carbonyl (C=O) groups excluding carboxylic acids is 2. The van der Waals surface area contributed by atoms with Gasteiger partial charge in [0.2, 0.25) is 5.91 Å². The predicted molar refractivity (Wildman–Crippen MR) is 94.5 cm³/mol. The zero-order valence-electron chi connectivity index (χ0n) is 14.1. The van der Waals surface area contributed by atoms with E-state index in [1.165, 1.54) is 6.26 Å². The minimum Gasteiger partial charge on any atom is -0.459 e. The van der Waals surface area contributed by atoms with Crippen molar-refractivity contribution >= 4 is 17.6 Å². The number of anilines is 1. The summed E-state index contributed by atoms with van der Waals surface area (Å²) in [6.45, 7) is 0.977. The summed E-state index contributed by atoms with van der Waals surface area (Å²) in [5, 5.41) is 9.75. The van der Waals surface area contributed by atoms with E-state index in [1.807, 2.05) is 12.1 Å². The Balaban J connectivity index is 1.38. The molecule has 0 aliphatic rings. The first-order chi connectivity index (χ1) is 12.7. The summed E-state index contributed by atoms with van der Waals surface area (Å²) in [5.41, 5.74) is 1.03. The Hall–Kier alpha value is -3.42. The lowest BCUT2D eigenvalue weighted by Crippen LogP contribution is -2.25. The number of aromatic nitrogens is 3. The van der Waals surface area contributed by atoms with Gasteiger partial charge < -0.3 is 15.1 Å². The Labute approximate surface area is 150 Å². The second-order valence-corrected chi connectivity index (χ2v) is 5.64. The van der Waals surface area contributed by atoms with E-state index in [-0.39, 0.29) is 24.0 Å². The van der Waals surface area contributed by atoms with E-state index < -0.39 is 0 Å². The van der Waals surface area contributed by atoms with Crippen LogP contribution < -0.4 is 10.6 Å². The Morgan fingerprint density at radius 3 is 2.88 bits per heavy atom. The maximum Gasteiger partial charge on any atom is 0.286 e. The van der Waals surface area contributed by atoms with Crippen molar-refractivity contribution in [2.24, 2.45) is 0 Å². The topological polar surface area (TPSA) is 102 Å². The number of pyridine rings is 1. The third kappa shape index (κ3) is 5.04. The maximum absolute atomic E-state index is 12.0. The highest BCUT2D eigenvalue weighted by molar-refractivity contribution is 5.91. The quantitative estimate of drug-likeness (QED) is 0.604. The molecular formula is C18H19N5O3. The second-order valence-electron chi connectivity index (χ2n) is 5.64. The summed E-state index contributed by atoms with van der Waals surface area (Å²) >= 11 is 0. The molecule has 8 heteroatoms. The molecule has 0 fully saturated rings. The van der Waals surface area contributed by atoms with Gasteiger partial charge in [0.05, 0.1) is 12.8 Å². The molecule has 134 valence electrons. The number of nitrogens with one attached hydrogen (secondary N) is 2. The third-order valence-electron chi connectivity index (χ3n) is 3.59. The fraction of sp³-hybridized carbons (Fsp3) is 0.222. The Morgan fingerprint density at radius 1 is 1.19 bits per heavy atom. The molecular weight excluding hydrogens is 334 g/mol. The van der Waals surface area contributed by atoms with Crippen LogP contribution in [0.15, 0.2) is 59.6 Å². The van der Waals surface area contributed by atoms with Crippen LogP contribution in [0.1, 0.15) is 29.0 Å². The molecule has 8 nitrogen and oxygen atoms in total. The number of amides is 2. The van der Waals surface area contributed by atoms with Crippen molar-refractivity contribution in [1.29, 1.82) is 0 Å². The van der Waals surface area contributed by atoms with Crippen LogP contribution in [0.25, 0.3) is 0 Å². The first kappa shape index (κ1) is 17.4. The Morgan fingerprint density at radius 2 is 2.12 bits per heavy atom. The van der Waals surface area contributed by atoms with E-state index in [2.05, 4.69) is 20.7 Å². The summed E-state index contributed by atoms with van der Waals surface area (Å²) in [6, 6.07) is 8.81. The van der Waals surface area contributed by atoms with Crippen molar-refractivity contribution in [2.45, 2.75) is 19.4 Å². The average Bonchev–Trinajstić information content (AvgIpc) is 3.32. The van der Waals surface area contributed by atoms with Gasteiger partial charge in [0, 0.05) is 37.6 Å². The number of furan rings is 1. The number of nitrogens with zero attached hydrogens (tertiary/aromatic N) is 3. The van der Waals surface area contributed by atoms with Crippen LogP contribution in [-0.2, 0) is 11.3 Å². The fourth-order valence-electron chi connectivity index (χ4n) is 2.35. The Bertz CT molecular complexity index is 843. The summed E-state index contributed by atoms with van der Waals surface area (Å²) in [6.07, 6.45) is 7.54. The van der Waals surface area contributed by atoms with Gasteiger partial charge in [-0.25, -0.2) is 0 Å². The van der Waals surface area contributed by atoms with Gasteiger partial charge in [0.15, 0.2) is 11.6 Å². The first-order valence-corrected chi connectivity index (χ1v) is 8.24. The highest BCUT2D eigenvalue weighted by Gasteiger charge is 2.09. The van der Waals surface area contributed by atoms with Crippen LogP contribution in [0.5, 0.6) is 0 Å². The molecule has 3 heterocycles. The van der Waals surface area contributed by atoms with Gasteiger partial charge in [0.25, 0.3) is 5.91 Å². The SMILES string of the molecule is O=C(CCCNC(=O)c1ccco1)Nc1ccn(Cc2cccnc2)n1. The molecule has 2 N–H and O–H groups in total. The molecule has 0 bridgehead atoms. The highest BCUT2D eigenvalue weighted by atomic mass is 16.3. The minimum absolute atomic E-state index is 0.149. The lowest BCUT2D eigenvalue weighted by atomic mass is 10.3. The fourth-order valence-corrected chi connectivity index (χ4v) is 2.35. The highest BCUT2D eigenvalue weighted by Crippen LogP contribution is 2.06. The van der Waals surface area contributed by atoms with Crippen LogP contribution in [0.2, 0.25) is 0 Å². The van der Waals surface area contributed by atoms with Crippen molar-refractivity contribution in [3.05, 3.63) is 66.5 Å². The molecule has 2 amide bonds. The summed E-state index contributed by atoms with van der Waals surface area (Å²) in [4.78, 5) is 27.7. The van der Waals surface area contributed by atoms with E-state index >= 15 is 0 Å². The van der Waals surface area contributed by atoms with Crippen LogP contribution >= 0.6 is 0 Å². The van der Waals surface area contributed by atoms with Crippen LogP contribution in [-0.4, -0.2) is 33.1 Å². The molecule has 0 aliphatic carbocycles. The first-order valence-electron chi connectivity index (χ1n) is 8.24. The molecule has 0 atom stereocenters. The number of carbonyl (C=O) groups is 2. The van der Waals surface area contributed by atoms with E-state index in [1.54, 1.807) is 41.5 Å². The maximum atomic E-state index is 12.0. The van der Waals surface area contributed by atoms with Crippen molar-refractivity contribution in [3.63, 3.8) is 0 Å². The smallest absolute Gasteiger partial charge is 0.286 e. The van der Waals surface area contributed by atoms with Gasteiger partial charge in [-0.1, -0.05) is 6.07 Å². The third-order valence-corrected chi connectivity index (χ3v) is 3.59. The molecule has 0 unspecified atom stereocenters. The van der Waals surface area contributed by atoms with Crippen molar-refractivity contribution in [3.8, 4) is 0 Å². The molecule has 0 saturated carbocycles. The lowest BCUT2D eigenvalue weighted by Gasteiger charge is -2.04. The van der Waals surface area contributed by atoms with Gasteiger partial charge in [-0.2, -0.15) is 5.10 Å². The number of rotatable bonds is 8. The lowest BCUT2D eigenvalue weighted by molar-refractivity contribution is -0.116. The van der Waals surface area contributed by atoms with E-state index in [9.17, 15) is 9.59 Å². The van der Waals surface area contributed by atoms with Crippen molar-refractivity contribution in [1.82, 2.24) is 20.1 Å². The van der Waals surface area contributed by atoms with E-state index in [4.69, 9.17) is 4.42 Å². The molecule has 0 saturated heterocycles. The van der Waals surface area contributed by atoms with Gasteiger partial charge in [-0.15, -0.1) is 0 Å². The molecule has 3 rings (SSSR count). The molecule has 3 aromatic rings. The molecule has 0 aromatic carbocycles. The summed E-state index contributed by atoms with van der Waals surface area (Å²) < 4.78 is 6.72. The molecule has 0 spiro atoms. The van der Waals surface area contributed by atoms with E-state index in [0.717, 1.165) is 5.56 Å². The minimum atomic E-state index is -0.287. The zero-order chi connectivity index (χ0) is 18.2. The van der Waals surface area contributed by atoms with Crippen molar-refractivity contribution in [2.75, 3.05) is 11.9 Å². The summed E-state index contributed by atoms with van der Waals surface area (Å²) in [5.74, 6) is 0.320. The molecule has 26 heavy (non-hydrogen) atoms. The Kier molecular flexibility index (Phi) is 5.76. The second kappa shape index (κ2) is 8.61.